The fourth-order valence-corrected chi connectivity index (χ4v) is 9.90. The third kappa shape index (κ3) is 8.77. The van der Waals surface area contributed by atoms with Gasteiger partial charge in [0.25, 0.3) is 11.6 Å². The Hall–Kier alpha value is -5.08. The number of aryl methyl sites for hydroxylation is 1. The van der Waals surface area contributed by atoms with E-state index in [0.717, 1.165) is 28.0 Å². The van der Waals surface area contributed by atoms with Gasteiger partial charge in [0.05, 0.1) is 36.9 Å². The van der Waals surface area contributed by atoms with E-state index in [1.807, 2.05) is 34.3 Å². The number of allylic oxidation sites excluding steroid dienone is 3. The number of benzene rings is 3. The predicted molar refractivity (Wildman–Crippen MR) is 212 cm³/mol. The van der Waals surface area contributed by atoms with Crippen molar-refractivity contribution in [3.05, 3.63) is 122 Å². The van der Waals surface area contributed by atoms with E-state index in [9.17, 15) is 24.8 Å². The van der Waals surface area contributed by atoms with Gasteiger partial charge >= 0.3 is 5.97 Å². The Labute approximate surface area is 311 Å². The first-order valence-electron chi connectivity index (χ1n) is 17.6. The first kappa shape index (κ1) is 39.1. The monoisotopic (exact) mass is 739 g/mol. The van der Waals surface area contributed by atoms with Gasteiger partial charge in [0.15, 0.2) is 0 Å². The predicted octanol–water partition coefficient (Wildman–Crippen LogP) is 5.24. The lowest BCUT2D eigenvalue weighted by molar-refractivity contribution is -0.384. The molecule has 0 spiro atoms. The van der Waals surface area contributed by atoms with E-state index in [0.29, 0.717) is 43.2 Å². The standard InChI is InChI=1S/C40H49N5O7Si/c1-26-8-15-34(35(22-26)45(49)50)41-16-18-51-20-21-52-19-17-42-39(46)27-9-12-30(40(47)48)33(23-27)38-31-13-10-28(43(2)3)24-36(31)53(6,7)37-25-29(44(4)5)11-14-32(37)38/h8-15,22-25,28,41H,16-21H2,1-7H3,(H,42,46)(H,47,48). The molecule has 1 atom stereocenters. The van der Waals surface area contributed by atoms with Crippen molar-refractivity contribution in [2.75, 3.05) is 77.9 Å². The second-order valence-electron chi connectivity index (χ2n) is 14.2. The first-order chi connectivity index (χ1) is 25.2. The molecule has 1 unspecified atom stereocenters. The summed E-state index contributed by atoms with van der Waals surface area (Å²) in [5.41, 5.74) is 6.16. The van der Waals surface area contributed by atoms with Gasteiger partial charge in [0, 0.05) is 50.5 Å². The molecule has 13 heteroatoms. The number of likely N-dealkylation sites (N-methyl/N-ethyl adjacent to an activating group) is 1. The Morgan fingerprint density at radius 1 is 0.925 bits per heavy atom. The molecule has 1 heterocycles. The van der Waals surface area contributed by atoms with Crippen LogP contribution in [0.15, 0.2) is 83.6 Å². The van der Waals surface area contributed by atoms with Crippen molar-refractivity contribution >= 4 is 47.8 Å². The number of rotatable bonds is 16. The molecule has 53 heavy (non-hydrogen) atoms. The van der Waals surface area contributed by atoms with Crippen LogP contribution in [-0.2, 0) is 9.47 Å². The maximum atomic E-state index is 13.4. The van der Waals surface area contributed by atoms with Crippen molar-refractivity contribution < 1.29 is 29.1 Å². The van der Waals surface area contributed by atoms with Crippen LogP contribution >= 0.6 is 0 Å². The van der Waals surface area contributed by atoms with Gasteiger partial charge in [-0.25, -0.2) is 4.79 Å². The molecule has 3 aromatic carbocycles. The average Bonchev–Trinajstić information content (AvgIpc) is 3.12. The van der Waals surface area contributed by atoms with E-state index in [-0.39, 0.29) is 36.4 Å². The largest absolute Gasteiger partial charge is 0.478 e. The minimum atomic E-state index is -2.23. The maximum Gasteiger partial charge on any atom is 0.336 e. The molecule has 3 N–H and O–H groups in total. The summed E-state index contributed by atoms with van der Waals surface area (Å²) in [4.78, 5) is 41.2. The summed E-state index contributed by atoms with van der Waals surface area (Å²) in [5, 5.41) is 30.1. The summed E-state index contributed by atoms with van der Waals surface area (Å²) in [5.74, 6) is -1.39. The van der Waals surface area contributed by atoms with E-state index in [2.05, 4.69) is 70.0 Å². The van der Waals surface area contributed by atoms with Gasteiger partial charge in [-0.3, -0.25) is 19.8 Å². The quantitative estimate of drug-likeness (QED) is 0.0772. The van der Waals surface area contributed by atoms with E-state index < -0.39 is 19.0 Å². The number of carboxylic acid groups (broad SMARTS) is 1. The molecule has 0 fully saturated rings. The van der Waals surface area contributed by atoms with Gasteiger partial charge in [-0.2, -0.15) is 0 Å². The summed E-state index contributed by atoms with van der Waals surface area (Å²) in [7, 11) is 5.89. The molecule has 0 radical (unpaired) electrons. The molecule has 280 valence electrons. The maximum absolute atomic E-state index is 13.4. The van der Waals surface area contributed by atoms with Gasteiger partial charge in [0.2, 0.25) is 0 Å². The topological polar surface area (TPSA) is 147 Å². The van der Waals surface area contributed by atoms with Crippen molar-refractivity contribution in [3.8, 4) is 0 Å². The highest BCUT2D eigenvalue weighted by molar-refractivity contribution is 6.97. The van der Waals surface area contributed by atoms with Crippen molar-refractivity contribution in [2.24, 2.45) is 0 Å². The molecule has 3 aromatic rings. The van der Waals surface area contributed by atoms with Crippen LogP contribution in [0.1, 0.15) is 37.4 Å². The first-order valence-corrected chi connectivity index (χ1v) is 20.6. The van der Waals surface area contributed by atoms with Crippen LogP contribution in [0.5, 0.6) is 0 Å². The Balaban J connectivity index is 1.26. The number of nitrogens with one attached hydrogen (secondary N) is 2. The molecule has 1 amide bonds. The highest BCUT2D eigenvalue weighted by Gasteiger charge is 2.41. The van der Waals surface area contributed by atoms with Gasteiger partial charge in [-0.15, -0.1) is 0 Å². The molecule has 0 saturated carbocycles. The van der Waals surface area contributed by atoms with E-state index in [1.165, 1.54) is 22.5 Å². The lowest BCUT2D eigenvalue weighted by Crippen LogP contribution is -2.50. The van der Waals surface area contributed by atoms with Crippen molar-refractivity contribution in [1.29, 1.82) is 0 Å². The van der Waals surface area contributed by atoms with Crippen LogP contribution in [0, 0.1) is 17.0 Å². The van der Waals surface area contributed by atoms with Crippen LogP contribution < -0.4 is 20.7 Å². The fourth-order valence-electron chi connectivity index (χ4n) is 6.75. The van der Waals surface area contributed by atoms with Crippen LogP contribution in [-0.4, -0.2) is 109 Å². The Morgan fingerprint density at radius 3 is 2.30 bits per heavy atom. The van der Waals surface area contributed by atoms with Crippen molar-refractivity contribution in [2.45, 2.75) is 26.1 Å². The summed E-state index contributed by atoms with van der Waals surface area (Å²) in [6.07, 6.45) is 6.57. The average molecular weight is 740 g/mol. The van der Waals surface area contributed by atoms with E-state index >= 15 is 0 Å². The number of hydrogen-bond acceptors (Lipinski definition) is 9. The molecule has 1 aliphatic heterocycles. The van der Waals surface area contributed by atoms with Crippen molar-refractivity contribution in [3.63, 3.8) is 0 Å². The zero-order valence-corrected chi connectivity index (χ0v) is 32.5. The number of carbonyl (C=O) groups is 2. The van der Waals surface area contributed by atoms with Crippen LogP contribution in [0.25, 0.3) is 5.57 Å². The van der Waals surface area contributed by atoms with Crippen LogP contribution in [0.3, 0.4) is 0 Å². The molecular weight excluding hydrogens is 691 g/mol. The van der Waals surface area contributed by atoms with E-state index in [1.54, 1.807) is 25.1 Å². The molecule has 0 aromatic heterocycles. The van der Waals surface area contributed by atoms with Crippen LogP contribution in [0.2, 0.25) is 13.1 Å². The number of nitro groups is 1. The van der Waals surface area contributed by atoms with E-state index in [4.69, 9.17) is 9.47 Å². The Kier molecular flexibility index (Phi) is 12.3. The highest BCUT2D eigenvalue weighted by Crippen LogP contribution is 2.43. The summed E-state index contributed by atoms with van der Waals surface area (Å²) in [6.45, 7) is 8.35. The Morgan fingerprint density at radius 2 is 1.64 bits per heavy atom. The molecule has 5 rings (SSSR count). The zero-order chi connectivity index (χ0) is 38.4. The van der Waals surface area contributed by atoms with Gasteiger partial charge in [-0.05, 0) is 95.6 Å². The number of aromatic carboxylic acids is 1. The van der Waals surface area contributed by atoms with Gasteiger partial charge in [0.1, 0.15) is 13.8 Å². The third-order valence-electron chi connectivity index (χ3n) is 9.69. The molecule has 2 aliphatic rings. The number of nitrogens with zero attached hydrogens (tertiary/aromatic N) is 3. The minimum absolute atomic E-state index is 0.0246. The molecule has 12 nitrogen and oxygen atoms in total. The fraction of sp³-hybridized carbons (Fsp3) is 0.350. The molecular formula is C40H49N5O7Si. The lowest BCUT2D eigenvalue weighted by Gasteiger charge is -2.40. The number of amides is 1. The van der Waals surface area contributed by atoms with Crippen molar-refractivity contribution in [1.82, 2.24) is 10.2 Å². The summed E-state index contributed by atoms with van der Waals surface area (Å²) < 4.78 is 11.2. The molecule has 1 aliphatic carbocycles. The van der Waals surface area contributed by atoms with Gasteiger partial charge in [-0.1, -0.05) is 43.5 Å². The minimum Gasteiger partial charge on any atom is -0.478 e. The Bertz CT molecular complexity index is 1990. The third-order valence-corrected chi connectivity index (χ3v) is 13.2. The SMILES string of the molecule is Cc1ccc(NCCOCCOCCNC(=O)c2ccc(C(=O)O)c(C3=C4C=CC(N(C)C)C=C4[Si](C)(C)c4cc(N(C)C)ccc43)c2)c([N+](=O)[O-])c1. The lowest BCUT2D eigenvalue weighted by atomic mass is 9.86. The normalized spacial score (nSPS) is 15.8. The van der Waals surface area contributed by atoms with Crippen LogP contribution in [0.4, 0.5) is 17.1 Å². The second-order valence-corrected chi connectivity index (χ2v) is 18.5. The summed E-state index contributed by atoms with van der Waals surface area (Å²) >= 11 is 0. The zero-order valence-electron chi connectivity index (χ0n) is 31.5. The molecule has 0 saturated heterocycles. The van der Waals surface area contributed by atoms with Gasteiger partial charge < -0.3 is 30.1 Å². The number of nitro benzene ring substituents is 1. The second kappa shape index (κ2) is 16.7. The number of anilines is 2. The number of ether oxygens (including phenoxy) is 2. The summed E-state index contributed by atoms with van der Waals surface area (Å²) in [6, 6.07) is 16.3. The number of hydrogen-bond donors (Lipinski definition) is 3. The number of carboxylic acids is 1. The molecule has 0 bridgehead atoms. The number of fused-ring (bicyclic) bond motifs is 2. The highest BCUT2D eigenvalue weighted by atomic mass is 28.3. The smallest absolute Gasteiger partial charge is 0.336 e. The number of carbonyl (C=O) groups excluding carboxylic acids is 1.